The summed E-state index contributed by atoms with van der Waals surface area (Å²) in [6, 6.07) is 40.1. The predicted octanol–water partition coefficient (Wildman–Crippen LogP) is 27.6. The Morgan fingerprint density at radius 3 is 0.510 bits per heavy atom. The fraction of sp³-hybridized carbons (Fsp3) is 0.500. The molecular weight excluding hydrogens is 1320 g/mol. The van der Waals surface area contributed by atoms with Crippen LogP contribution in [0, 0.1) is 67.9 Å². The molecule has 0 saturated carbocycles. The molecule has 12 heteroatoms. The van der Waals surface area contributed by atoms with E-state index in [1.807, 2.05) is 125 Å². The summed E-state index contributed by atoms with van der Waals surface area (Å²) in [5.41, 5.74) is 2.02. The zero-order chi connectivity index (χ0) is 82.1. The van der Waals surface area contributed by atoms with Crippen LogP contribution in [0.4, 0.5) is 0 Å². The van der Waals surface area contributed by atoms with Gasteiger partial charge >= 0.3 is 0 Å². The van der Waals surface area contributed by atoms with Crippen LogP contribution < -0.4 is 0 Å². The molecule has 0 aliphatic carbocycles. The lowest BCUT2D eigenvalue weighted by atomic mass is 9.82. The van der Waals surface area contributed by atoms with Crippen molar-refractivity contribution in [3.8, 4) is 0 Å². The van der Waals surface area contributed by atoms with Crippen LogP contribution in [0.3, 0.4) is 0 Å². The largest absolute Gasteiger partial charge is 0.294 e. The molecule has 0 aliphatic rings. The normalized spacial score (nSPS) is 17.0. The topological polar surface area (TPSA) is 102 Å². The van der Waals surface area contributed by atoms with Crippen molar-refractivity contribution in [3.05, 3.63) is 209 Å². The zero-order valence-corrected chi connectivity index (χ0v) is 65.9. The molecule has 0 heterocycles. The van der Waals surface area contributed by atoms with E-state index in [2.05, 4.69) is 0 Å². The molecule has 0 bridgehead atoms. The molecule has 0 fully saturated rings. The molecule has 6 aromatic rings. The molecule has 0 aliphatic heterocycles. The second-order valence-corrected chi connectivity index (χ2v) is 34.5. The number of rotatable bonds is 18. The molecule has 0 radical (unpaired) electrons. The van der Waals surface area contributed by atoms with Crippen LogP contribution in [-0.4, -0.2) is 34.7 Å². The molecule has 6 atom stereocenters. The SMILES string of the molecule is [2H]C(C)(CC(C)(C)C)C(=O)c1cccc(Cl)c1.[2H]C(C)(CC(C)(C)C)C(=O)c1cccc(Cl)c1.[2H]C([2H])([2H])[C@@]([2H])(CC(C)(C)C)C(=O)c1cccc(Cl)c1.[2H][C@@](C)(CC(C)(C)C)C(=O)c1cccc(Cl)c1.[2H][C@@](C)(CC(C)(C)C)C(=O)c1cccc(Cl)c1.[2H][C@](C)(CC(C)(C)C)C(=O)c1cccc(Cl)c1. The molecule has 0 amide bonds. The standard InChI is InChI=1S/6C14H19ClO/c6*1-10(9-14(2,3)4)13(16)11-6-5-7-12(15)8-11/h6*5-8,10H,9H2,1-4H3/t4*10-;;/m1100../s1/i2*10D;1D3,10D;3*10D. The quantitative estimate of drug-likeness (QED) is 0.0795. The fourth-order valence-electron chi connectivity index (χ4n) is 10.2. The van der Waals surface area contributed by atoms with Gasteiger partial charge in [0.05, 0.1) is 0 Å². The molecule has 0 N–H and O–H groups in total. The summed E-state index contributed by atoms with van der Waals surface area (Å²) in [6.45, 7) is 41.6. The fourth-order valence-corrected chi connectivity index (χ4v) is 11.3. The summed E-state index contributed by atoms with van der Waals surface area (Å²) in [5.74, 6) is -9.28. The van der Waals surface area contributed by atoms with E-state index in [1.54, 1.807) is 168 Å². The van der Waals surface area contributed by atoms with E-state index in [0.29, 0.717) is 90.1 Å². The van der Waals surface area contributed by atoms with Crippen molar-refractivity contribution in [1.29, 1.82) is 0 Å². The lowest BCUT2D eigenvalue weighted by molar-refractivity contribution is 0.0891. The summed E-state index contributed by atoms with van der Waals surface area (Å²) in [7, 11) is 0. The van der Waals surface area contributed by atoms with Gasteiger partial charge in [-0.05, 0) is 144 Å². The van der Waals surface area contributed by atoms with E-state index in [0.717, 1.165) is 0 Å². The van der Waals surface area contributed by atoms with Crippen molar-refractivity contribution in [2.45, 2.75) is 205 Å². The maximum Gasteiger partial charge on any atom is 0.165 e. The van der Waals surface area contributed by atoms with Crippen LogP contribution in [0.1, 0.15) is 279 Å². The van der Waals surface area contributed by atoms with Crippen molar-refractivity contribution >= 4 is 104 Å². The molecule has 6 nitrogen and oxygen atoms in total. The van der Waals surface area contributed by atoms with E-state index in [4.69, 9.17) is 81.9 Å². The van der Waals surface area contributed by atoms with Gasteiger partial charge in [0, 0.05) is 111 Å². The Hall–Kier alpha value is -4.92. The first kappa shape index (κ1) is 73.8. The number of carbonyl (C=O) groups is 6. The average molecular weight is 1440 g/mol. The van der Waals surface area contributed by atoms with Gasteiger partial charge in [-0.3, -0.25) is 28.8 Å². The number of benzene rings is 6. The van der Waals surface area contributed by atoms with E-state index >= 15 is 0 Å². The van der Waals surface area contributed by atoms with E-state index in [-0.39, 0.29) is 68.0 Å². The summed E-state index contributed by atoms with van der Waals surface area (Å²) in [4.78, 5) is 73.8. The summed E-state index contributed by atoms with van der Waals surface area (Å²) in [5, 5.41) is 3.00. The molecule has 528 valence electrons. The third-order valence-corrected chi connectivity index (χ3v) is 14.8. The number of ketones is 6. The lowest BCUT2D eigenvalue weighted by Crippen LogP contribution is -2.18. The first-order chi connectivity index (χ1) is 47.0. The third kappa shape index (κ3) is 39.0. The van der Waals surface area contributed by atoms with Crippen molar-refractivity contribution in [3.63, 3.8) is 0 Å². The van der Waals surface area contributed by atoms with Gasteiger partial charge in [-0.1, -0.05) is 308 Å². The molecule has 2 unspecified atom stereocenters. The molecule has 6 rings (SSSR count). The number of halogens is 6. The minimum Gasteiger partial charge on any atom is -0.294 e. The lowest BCUT2D eigenvalue weighted by Gasteiger charge is -2.22. The summed E-state index contributed by atoms with van der Waals surface area (Å²) < 4.78 is 72.1. The van der Waals surface area contributed by atoms with Gasteiger partial charge in [-0.2, -0.15) is 0 Å². The van der Waals surface area contributed by atoms with E-state index in [9.17, 15) is 28.8 Å². The molecule has 0 spiro atoms. The Morgan fingerprint density at radius 2 is 0.396 bits per heavy atom. The average Bonchev–Trinajstić information content (AvgIpc) is 0.771. The Bertz CT molecular complexity index is 3420. The Kier molecular flexibility index (Phi) is 31.0. The molecule has 6 aromatic carbocycles. The van der Waals surface area contributed by atoms with Crippen LogP contribution in [0.25, 0.3) is 0 Å². The smallest absolute Gasteiger partial charge is 0.165 e. The van der Waals surface area contributed by atoms with Gasteiger partial charge in [0.2, 0.25) is 0 Å². The van der Waals surface area contributed by atoms with Gasteiger partial charge in [0.25, 0.3) is 0 Å². The van der Waals surface area contributed by atoms with Gasteiger partial charge in [-0.25, -0.2) is 0 Å². The molecule has 96 heavy (non-hydrogen) atoms. The van der Waals surface area contributed by atoms with Crippen molar-refractivity contribution in [1.82, 2.24) is 0 Å². The number of Topliss-reactive ketones (excluding diaryl/α,β-unsaturated/α-hetero) is 6. The van der Waals surface area contributed by atoms with E-state index < -0.39 is 53.4 Å². The highest BCUT2D eigenvalue weighted by Gasteiger charge is 2.27. The second kappa shape index (κ2) is 40.4. The highest BCUT2D eigenvalue weighted by atomic mass is 35.5. The van der Waals surface area contributed by atoms with Crippen LogP contribution >= 0.6 is 69.6 Å². The van der Waals surface area contributed by atoms with E-state index in [1.165, 1.54) is 12.1 Å². The molecule has 0 saturated heterocycles. The van der Waals surface area contributed by atoms with Crippen LogP contribution in [0.5, 0.6) is 0 Å². The minimum atomic E-state index is -2.69. The summed E-state index contributed by atoms with van der Waals surface area (Å²) >= 11 is 35.1. The number of carbonyl (C=O) groups excluding carboxylic acids is 6. The van der Waals surface area contributed by atoms with Crippen LogP contribution in [0.15, 0.2) is 146 Å². The molecular formula is C84H114Cl6O6. The predicted molar refractivity (Wildman–Crippen MR) is 414 cm³/mol. The maximum absolute atomic E-state index is 12.5. The van der Waals surface area contributed by atoms with Crippen molar-refractivity contribution in [2.24, 2.45) is 67.9 Å². The van der Waals surface area contributed by atoms with Crippen LogP contribution in [-0.2, 0) is 0 Å². The van der Waals surface area contributed by atoms with Gasteiger partial charge in [0.15, 0.2) is 34.7 Å². The summed E-state index contributed by atoms with van der Waals surface area (Å²) in [6.07, 6.45) is 2.54. The van der Waals surface area contributed by atoms with Gasteiger partial charge < -0.3 is 0 Å². The monoisotopic (exact) mass is 1440 g/mol. The van der Waals surface area contributed by atoms with Crippen molar-refractivity contribution in [2.75, 3.05) is 0 Å². The molecule has 0 aromatic heterocycles. The third-order valence-electron chi connectivity index (χ3n) is 13.4. The number of hydrogen-bond acceptors (Lipinski definition) is 6. The van der Waals surface area contributed by atoms with Crippen LogP contribution in [0.2, 0.25) is 30.1 Å². The highest BCUT2D eigenvalue weighted by Crippen LogP contribution is 2.33. The van der Waals surface area contributed by atoms with Gasteiger partial charge in [0.1, 0.15) is 0 Å². The number of hydrogen-bond donors (Lipinski definition) is 0. The zero-order valence-electron chi connectivity index (χ0n) is 70.3. The van der Waals surface area contributed by atoms with Crippen molar-refractivity contribution < 1.29 is 41.1 Å². The highest BCUT2D eigenvalue weighted by molar-refractivity contribution is 6.32. The maximum atomic E-state index is 12.5. The first-order valence-corrected chi connectivity index (χ1v) is 34.5. The first-order valence-electron chi connectivity index (χ1n) is 36.8. The minimum absolute atomic E-state index is 0.0509. The Balaban J connectivity index is 0.000000631. The Morgan fingerprint density at radius 1 is 0.271 bits per heavy atom. The van der Waals surface area contributed by atoms with Gasteiger partial charge in [-0.15, -0.1) is 0 Å². The Labute approximate surface area is 623 Å². The second-order valence-electron chi connectivity index (χ2n) is 31.8.